The zero-order valence-corrected chi connectivity index (χ0v) is 11.2. The summed E-state index contributed by atoms with van der Waals surface area (Å²) >= 11 is 1.69. The smallest absolute Gasteiger partial charge is 0.414 e. The SMILES string of the molecule is CSc1ccc(N2C(=O)OCC2C(C)C)cc1. The van der Waals surface area contributed by atoms with Crippen molar-refractivity contribution < 1.29 is 9.53 Å². The Labute approximate surface area is 106 Å². The third-order valence-electron chi connectivity index (χ3n) is 3.03. The highest BCUT2D eigenvalue weighted by Gasteiger charge is 2.35. The predicted octanol–water partition coefficient (Wildman–Crippen LogP) is 3.39. The van der Waals surface area contributed by atoms with Crippen molar-refractivity contribution in [1.29, 1.82) is 0 Å². The molecule has 0 saturated carbocycles. The summed E-state index contributed by atoms with van der Waals surface area (Å²) in [4.78, 5) is 14.7. The van der Waals surface area contributed by atoms with Gasteiger partial charge in [0, 0.05) is 10.6 Å². The quantitative estimate of drug-likeness (QED) is 0.771. The number of ether oxygens (including phenoxy) is 1. The number of hydrogen-bond donors (Lipinski definition) is 0. The lowest BCUT2D eigenvalue weighted by Gasteiger charge is -2.24. The average molecular weight is 251 g/mol. The Morgan fingerprint density at radius 3 is 2.53 bits per heavy atom. The van der Waals surface area contributed by atoms with Crippen molar-refractivity contribution in [3.8, 4) is 0 Å². The highest BCUT2D eigenvalue weighted by atomic mass is 32.2. The van der Waals surface area contributed by atoms with Crippen LogP contribution in [-0.4, -0.2) is 25.0 Å². The lowest BCUT2D eigenvalue weighted by atomic mass is 10.0. The standard InChI is InChI=1S/C13H17NO2S/c1-9(2)12-8-16-13(15)14(12)10-4-6-11(17-3)7-5-10/h4-7,9,12H,8H2,1-3H3. The van der Waals surface area contributed by atoms with E-state index in [9.17, 15) is 4.79 Å². The summed E-state index contributed by atoms with van der Waals surface area (Å²) in [5.74, 6) is 0.390. The molecule has 1 heterocycles. The third-order valence-corrected chi connectivity index (χ3v) is 3.77. The molecule has 17 heavy (non-hydrogen) atoms. The zero-order valence-electron chi connectivity index (χ0n) is 10.3. The van der Waals surface area contributed by atoms with Gasteiger partial charge in [-0.3, -0.25) is 4.90 Å². The molecule has 1 unspecified atom stereocenters. The molecule has 4 heteroatoms. The Balaban J connectivity index is 2.26. The number of hydrogen-bond acceptors (Lipinski definition) is 3. The second-order valence-corrected chi connectivity index (χ2v) is 5.34. The van der Waals surface area contributed by atoms with Gasteiger partial charge in [0.05, 0.1) is 6.04 Å². The Kier molecular flexibility index (Phi) is 3.62. The van der Waals surface area contributed by atoms with Crippen molar-refractivity contribution in [1.82, 2.24) is 0 Å². The molecule has 1 aromatic rings. The number of carbonyl (C=O) groups excluding carboxylic acids is 1. The molecular formula is C13H17NO2S. The van der Waals surface area contributed by atoms with Crippen LogP contribution in [0.25, 0.3) is 0 Å². The molecule has 3 nitrogen and oxygen atoms in total. The van der Waals surface area contributed by atoms with Gasteiger partial charge < -0.3 is 4.74 Å². The Bertz CT molecular complexity index is 402. The van der Waals surface area contributed by atoms with Gasteiger partial charge in [-0.1, -0.05) is 13.8 Å². The highest BCUT2D eigenvalue weighted by Crippen LogP contribution is 2.28. The molecule has 1 saturated heterocycles. The largest absolute Gasteiger partial charge is 0.447 e. The van der Waals surface area contributed by atoms with Crippen LogP contribution < -0.4 is 4.90 Å². The summed E-state index contributed by atoms with van der Waals surface area (Å²) < 4.78 is 5.13. The molecule has 1 aromatic carbocycles. The zero-order chi connectivity index (χ0) is 12.4. The second kappa shape index (κ2) is 5.00. The molecule has 1 fully saturated rings. The van der Waals surface area contributed by atoms with Crippen LogP contribution in [-0.2, 0) is 4.74 Å². The fourth-order valence-corrected chi connectivity index (χ4v) is 2.37. The molecule has 0 N–H and O–H groups in total. The van der Waals surface area contributed by atoms with Crippen LogP contribution in [0, 0.1) is 5.92 Å². The van der Waals surface area contributed by atoms with Crippen molar-refractivity contribution in [2.24, 2.45) is 5.92 Å². The summed E-state index contributed by atoms with van der Waals surface area (Å²) in [6.07, 6.45) is 1.80. The molecular weight excluding hydrogens is 234 g/mol. The Morgan fingerprint density at radius 1 is 1.35 bits per heavy atom. The fraction of sp³-hybridized carbons (Fsp3) is 0.462. The van der Waals surface area contributed by atoms with Gasteiger partial charge in [-0.25, -0.2) is 4.79 Å². The summed E-state index contributed by atoms with van der Waals surface area (Å²) in [5, 5.41) is 0. The van der Waals surface area contributed by atoms with Crippen molar-refractivity contribution in [3.63, 3.8) is 0 Å². The summed E-state index contributed by atoms with van der Waals surface area (Å²) in [5.41, 5.74) is 0.920. The van der Waals surface area contributed by atoms with Crippen molar-refractivity contribution in [2.45, 2.75) is 24.8 Å². The summed E-state index contributed by atoms with van der Waals surface area (Å²) in [6, 6.07) is 8.16. The van der Waals surface area contributed by atoms with E-state index in [0.29, 0.717) is 12.5 Å². The van der Waals surface area contributed by atoms with E-state index in [1.807, 2.05) is 30.5 Å². The van der Waals surface area contributed by atoms with Crippen LogP contribution in [0.15, 0.2) is 29.2 Å². The van der Waals surface area contributed by atoms with E-state index >= 15 is 0 Å². The first-order valence-electron chi connectivity index (χ1n) is 5.73. The Hall–Kier alpha value is -1.16. The van der Waals surface area contributed by atoms with Crippen LogP contribution in [0.3, 0.4) is 0 Å². The maximum Gasteiger partial charge on any atom is 0.414 e. The summed E-state index contributed by atoms with van der Waals surface area (Å²) in [7, 11) is 0. The van der Waals surface area contributed by atoms with E-state index in [0.717, 1.165) is 5.69 Å². The van der Waals surface area contributed by atoms with E-state index in [4.69, 9.17) is 4.74 Å². The number of carbonyl (C=O) groups is 1. The number of nitrogens with zero attached hydrogens (tertiary/aromatic N) is 1. The van der Waals surface area contributed by atoms with Crippen LogP contribution in [0.5, 0.6) is 0 Å². The van der Waals surface area contributed by atoms with Gasteiger partial charge in [-0.15, -0.1) is 11.8 Å². The van der Waals surface area contributed by atoms with Gasteiger partial charge in [-0.2, -0.15) is 0 Å². The van der Waals surface area contributed by atoms with Crippen molar-refractivity contribution in [3.05, 3.63) is 24.3 Å². The third kappa shape index (κ3) is 2.41. The number of rotatable bonds is 3. The van der Waals surface area contributed by atoms with Gasteiger partial charge in [0.1, 0.15) is 6.61 Å². The molecule has 92 valence electrons. The average Bonchev–Trinajstić information content (AvgIpc) is 2.71. The molecule has 1 aliphatic rings. The van der Waals surface area contributed by atoms with Gasteiger partial charge in [0.2, 0.25) is 0 Å². The van der Waals surface area contributed by atoms with E-state index in [2.05, 4.69) is 13.8 Å². The number of anilines is 1. The van der Waals surface area contributed by atoms with Crippen molar-refractivity contribution >= 4 is 23.5 Å². The molecule has 0 aromatic heterocycles. The van der Waals surface area contributed by atoms with Gasteiger partial charge >= 0.3 is 6.09 Å². The molecule has 0 radical (unpaired) electrons. The number of cyclic esters (lactones) is 1. The van der Waals surface area contributed by atoms with Crippen LogP contribution in [0.1, 0.15) is 13.8 Å². The molecule has 0 bridgehead atoms. The molecule has 0 spiro atoms. The minimum absolute atomic E-state index is 0.141. The van der Waals surface area contributed by atoms with E-state index in [-0.39, 0.29) is 12.1 Å². The Morgan fingerprint density at radius 2 is 2.00 bits per heavy atom. The van der Waals surface area contributed by atoms with Gasteiger partial charge in [0.15, 0.2) is 0 Å². The lowest BCUT2D eigenvalue weighted by Crippen LogP contribution is -2.37. The van der Waals surface area contributed by atoms with E-state index < -0.39 is 0 Å². The first-order valence-corrected chi connectivity index (χ1v) is 6.96. The highest BCUT2D eigenvalue weighted by molar-refractivity contribution is 7.98. The normalized spacial score (nSPS) is 19.9. The maximum absolute atomic E-state index is 11.7. The molecule has 1 atom stereocenters. The molecule has 1 aliphatic heterocycles. The van der Waals surface area contributed by atoms with E-state index in [1.165, 1.54) is 4.90 Å². The van der Waals surface area contributed by atoms with Crippen LogP contribution in [0.4, 0.5) is 10.5 Å². The minimum Gasteiger partial charge on any atom is -0.447 e. The first kappa shape index (κ1) is 12.3. The molecule has 0 aliphatic carbocycles. The predicted molar refractivity (Wildman–Crippen MR) is 70.7 cm³/mol. The first-order chi connectivity index (χ1) is 8.13. The molecule has 1 amide bonds. The fourth-order valence-electron chi connectivity index (χ4n) is 1.97. The van der Waals surface area contributed by atoms with Gasteiger partial charge in [0.25, 0.3) is 0 Å². The number of benzene rings is 1. The second-order valence-electron chi connectivity index (χ2n) is 4.46. The van der Waals surface area contributed by atoms with Crippen LogP contribution >= 0.6 is 11.8 Å². The topological polar surface area (TPSA) is 29.5 Å². The number of amides is 1. The number of thioether (sulfide) groups is 1. The van der Waals surface area contributed by atoms with Gasteiger partial charge in [-0.05, 0) is 36.4 Å². The minimum atomic E-state index is -0.236. The summed E-state index contributed by atoms with van der Waals surface area (Å²) in [6.45, 7) is 4.70. The van der Waals surface area contributed by atoms with E-state index in [1.54, 1.807) is 16.7 Å². The maximum atomic E-state index is 11.7. The van der Waals surface area contributed by atoms with Crippen LogP contribution in [0.2, 0.25) is 0 Å². The lowest BCUT2D eigenvalue weighted by molar-refractivity contribution is 0.177. The molecule has 2 rings (SSSR count). The monoisotopic (exact) mass is 251 g/mol. The van der Waals surface area contributed by atoms with Crippen molar-refractivity contribution in [2.75, 3.05) is 17.8 Å².